The summed E-state index contributed by atoms with van der Waals surface area (Å²) in [5, 5.41) is 11.5. The summed E-state index contributed by atoms with van der Waals surface area (Å²) in [5.41, 5.74) is -0.213. The molecule has 5 rings (SSSR count). The molecule has 4 aliphatic carbocycles. The molecule has 0 spiro atoms. The summed E-state index contributed by atoms with van der Waals surface area (Å²) < 4.78 is 19.1. The smallest absolute Gasteiger partial charge is 0.125 e. The lowest BCUT2D eigenvalue weighted by Crippen LogP contribution is -2.55. The molecule has 4 fully saturated rings. The number of hydrogen-bond acceptors (Lipinski definition) is 2. The Balaban J connectivity index is 1.82. The Kier molecular flexibility index (Phi) is 2.65. The fourth-order valence-corrected chi connectivity index (χ4v) is 5.34. The zero-order valence-electron chi connectivity index (χ0n) is 11.8. The van der Waals surface area contributed by atoms with E-state index >= 15 is 0 Å². The topological polar surface area (TPSA) is 29.5 Å². The van der Waals surface area contributed by atoms with Crippen LogP contribution in [0, 0.1) is 29.5 Å². The molecule has 0 atom stereocenters. The van der Waals surface area contributed by atoms with E-state index in [0.29, 0.717) is 11.3 Å². The largest absolute Gasteiger partial charge is 0.496 e. The van der Waals surface area contributed by atoms with Gasteiger partial charge in [-0.1, -0.05) is 0 Å². The lowest BCUT2D eigenvalue weighted by molar-refractivity contribution is -0.180. The SMILES string of the molecule is COc1ccc(F)cc1C1(O)C2CC3CC(C2)CC1C3. The zero-order chi connectivity index (χ0) is 13.9. The minimum atomic E-state index is -0.888. The summed E-state index contributed by atoms with van der Waals surface area (Å²) in [4.78, 5) is 0. The van der Waals surface area contributed by atoms with Gasteiger partial charge in [-0.2, -0.15) is 0 Å². The van der Waals surface area contributed by atoms with Crippen LogP contribution in [-0.4, -0.2) is 12.2 Å². The van der Waals surface area contributed by atoms with Gasteiger partial charge in [0.05, 0.1) is 12.7 Å². The molecule has 4 aliphatic rings. The second kappa shape index (κ2) is 4.20. The summed E-state index contributed by atoms with van der Waals surface area (Å²) in [5.74, 6) is 2.43. The van der Waals surface area contributed by atoms with Crippen molar-refractivity contribution in [2.24, 2.45) is 23.7 Å². The van der Waals surface area contributed by atoms with Crippen LogP contribution in [0.2, 0.25) is 0 Å². The maximum absolute atomic E-state index is 13.7. The Morgan fingerprint density at radius 3 is 2.25 bits per heavy atom. The number of aliphatic hydroxyl groups is 1. The molecule has 0 heterocycles. The summed E-state index contributed by atoms with van der Waals surface area (Å²) in [6, 6.07) is 4.54. The first-order chi connectivity index (χ1) is 9.61. The van der Waals surface area contributed by atoms with E-state index in [1.807, 2.05) is 0 Å². The highest BCUT2D eigenvalue weighted by Gasteiger charge is 2.58. The molecule has 0 unspecified atom stereocenters. The van der Waals surface area contributed by atoms with Gasteiger partial charge in [-0.15, -0.1) is 0 Å². The van der Waals surface area contributed by atoms with Crippen molar-refractivity contribution in [2.45, 2.75) is 37.7 Å². The molecule has 1 aromatic carbocycles. The maximum Gasteiger partial charge on any atom is 0.125 e. The molecule has 4 bridgehead atoms. The average Bonchev–Trinajstić information content (AvgIpc) is 2.43. The van der Waals surface area contributed by atoms with Gasteiger partial charge in [-0.05, 0) is 74.0 Å². The second-order valence-corrected chi connectivity index (χ2v) is 6.97. The Morgan fingerprint density at radius 2 is 1.70 bits per heavy atom. The first-order valence-electron chi connectivity index (χ1n) is 7.67. The van der Waals surface area contributed by atoms with Crippen LogP contribution in [0.1, 0.15) is 37.7 Å². The second-order valence-electron chi connectivity index (χ2n) is 6.97. The lowest BCUT2D eigenvalue weighted by atomic mass is 9.48. The van der Waals surface area contributed by atoms with E-state index in [1.54, 1.807) is 13.2 Å². The van der Waals surface area contributed by atoms with Gasteiger partial charge in [0.25, 0.3) is 0 Å². The molecular formula is C17H21FO2. The Labute approximate surface area is 119 Å². The van der Waals surface area contributed by atoms with Crippen LogP contribution in [0.3, 0.4) is 0 Å². The van der Waals surface area contributed by atoms with Crippen LogP contribution in [0.5, 0.6) is 5.75 Å². The molecule has 20 heavy (non-hydrogen) atoms. The van der Waals surface area contributed by atoms with Gasteiger partial charge in [0, 0.05) is 5.56 Å². The third kappa shape index (κ3) is 1.59. The normalized spacial score (nSPS) is 42.0. The molecule has 0 aromatic heterocycles. The van der Waals surface area contributed by atoms with Gasteiger partial charge < -0.3 is 9.84 Å². The first kappa shape index (κ1) is 12.6. The van der Waals surface area contributed by atoms with Gasteiger partial charge in [-0.3, -0.25) is 0 Å². The molecule has 3 heteroatoms. The van der Waals surface area contributed by atoms with Gasteiger partial charge in [0.1, 0.15) is 11.6 Å². The molecule has 108 valence electrons. The van der Waals surface area contributed by atoms with Crippen molar-refractivity contribution in [2.75, 3.05) is 7.11 Å². The average molecular weight is 276 g/mol. The van der Waals surface area contributed by atoms with Gasteiger partial charge in [-0.25, -0.2) is 4.39 Å². The fraction of sp³-hybridized carbons (Fsp3) is 0.647. The van der Waals surface area contributed by atoms with E-state index in [4.69, 9.17) is 4.74 Å². The fourth-order valence-electron chi connectivity index (χ4n) is 5.34. The molecular weight excluding hydrogens is 255 g/mol. The molecule has 2 nitrogen and oxygen atoms in total. The van der Waals surface area contributed by atoms with Crippen molar-refractivity contribution in [3.8, 4) is 5.75 Å². The number of rotatable bonds is 2. The Morgan fingerprint density at radius 1 is 1.10 bits per heavy atom. The standard InChI is InChI=1S/C17H21FO2/c1-20-16-3-2-14(18)9-15(16)17(19)12-5-10-4-11(7-12)8-13(17)6-10/h2-3,9-13,19H,4-8H2,1H3. The van der Waals surface area contributed by atoms with E-state index in [2.05, 4.69) is 0 Å². The predicted molar refractivity (Wildman–Crippen MR) is 73.9 cm³/mol. The minimum absolute atomic E-state index is 0.273. The molecule has 1 N–H and O–H groups in total. The van der Waals surface area contributed by atoms with Crippen LogP contribution in [0.25, 0.3) is 0 Å². The minimum Gasteiger partial charge on any atom is -0.496 e. The van der Waals surface area contributed by atoms with E-state index in [0.717, 1.165) is 37.5 Å². The maximum atomic E-state index is 13.7. The first-order valence-corrected chi connectivity index (χ1v) is 7.67. The van der Waals surface area contributed by atoms with Crippen molar-refractivity contribution in [3.05, 3.63) is 29.6 Å². The molecule has 0 radical (unpaired) electrons. The number of methoxy groups -OCH3 is 1. The highest BCUT2D eigenvalue weighted by molar-refractivity contribution is 5.41. The highest BCUT2D eigenvalue weighted by atomic mass is 19.1. The van der Waals surface area contributed by atoms with Crippen molar-refractivity contribution >= 4 is 0 Å². The van der Waals surface area contributed by atoms with E-state index in [-0.39, 0.29) is 17.7 Å². The van der Waals surface area contributed by atoms with Crippen LogP contribution in [0.15, 0.2) is 18.2 Å². The molecule has 0 saturated heterocycles. The Bertz CT molecular complexity index is 512. The summed E-state index contributed by atoms with van der Waals surface area (Å²) in [6.07, 6.45) is 5.68. The number of halogens is 1. The van der Waals surface area contributed by atoms with Gasteiger partial charge >= 0.3 is 0 Å². The third-order valence-electron chi connectivity index (χ3n) is 5.98. The van der Waals surface area contributed by atoms with Crippen molar-refractivity contribution in [3.63, 3.8) is 0 Å². The number of ether oxygens (including phenoxy) is 1. The molecule has 4 saturated carbocycles. The highest BCUT2D eigenvalue weighted by Crippen LogP contribution is 2.62. The number of benzene rings is 1. The Hall–Kier alpha value is -1.09. The van der Waals surface area contributed by atoms with Crippen LogP contribution < -0.4 is 4.74 Å². The molecule has 0 aliphatic heterocycles. The van der Waals surface area contributed by atoms with Crippen molar-refractivity contribution in [1.82, 2.24) is 0 Å². The van der Waals surface area contributed by atoms with E-state index in [1.165, 1.54) is 18.6 Å². The van der Waals surface area contributed by atoms with Gasteiger partial charge in [0.15, 0.2) is 0 Å². The van der Waals surface area contributed by atoms with Crippen LogP contribution >= 0.6 is 0 Å². The summed E-state index contributed by atoms with van der Waals surface area (Å²) in [6.45, 7) is 0. The van der Waals surface area contributed by atoms with E-state index < -0.39 is 5.60 Å². The summed E-state index contributed by atoms with van der Waals surface area (Å²) in [7, 11) is 1.59. The van der Waals surface area contributed by atoms with Crippen LogP contribution in [0.4, 0.5) is 4.39 Å². The monoisotopic (exact) mass is 276 g/mol. The third-order valence-corrected chi connectivity index (χ3v) is 5.98. The molecule has 0 amide bonds. The quantitative estimate of drug-likeness (QED) is 0.896. The van der Waals surface area contributed by atoms with Crippen LogP contribution in [-0.2, 0) is 5.60 Å². The zero-order valence-corrected chi connectivity index (χ0v) is 11.8. The molecule has 1 aromatic rings. The van der Waals surface area contributed by atoms with E-state index in [9.17, 15) is 9.50 Å². The predicted octanol–water partition coefficient (Wildman–Crippen LogP) is 3.48. The number of hydrogen-bond donors (Lipinski definition) is 1. The van der Waals surface area contributed by atoms with Crippen molar-refractivity contribution < 1.29 is 14.2 Å². The lowest BCUT2D eigenvalue weighted by Gasteiger charge is -2.59. The van der Waals surface area contributed by atoms with Gasteiger partial charge in [0.2, 0.25) is 0 Å². The van der Waals surface area contributed by atoms with Crippen molar-refractivity contribution in [1.29, 1.82) is 0 Å². The summed E-state index contributed by atoms with van der Waals surface area (Å²) >= 11 is 0.